The maximum absolute atomic E-state index is 16.8. The molecule has 0 saturated carbocycles. The highest BCUT2D eigenvalue weighted by Crippen LogP contribution is 2.51. The summed E-state index contributed by atoms with van der Waals surface area (Å²) in [5, 5.41) is 167. The van der Waals surface area contributed by atoms with Crippen molar-refractivity contribution < 1.29 is 147 Å². The van der Waals surface area contributed by atoms with Crippen molar-refractivity contribution in [2.24, 2.45) is 5.92 Å². The van der Waals surface area contributed by atoms with Gasteiger partial charge in [-0.05, 0) is 130 Å². The van der Waals surface area contributed by atoms with Crippen LogP contribution >= 0.6 is 23.2 Å². The van der Waals surface area contributed by atoms with Gasteiger partial charge in [0.25, 0.3) is 6.26 Å². The van der Waals surface area contributed by atoms with Crippen LogP contribution in [0, 0.1) is 17.4 Å². The molecule has 8 aliphatic rings. The molecule has 8 amide bonds. The number of phenols is 4. The van der Waals surface area contributed by atoms with Crippen molar-refractivity contribution in [1.82, 2.24) is 42.5 Å². The molecule has 130 heavy (non-hydrogen) atoms. The number of hydrogen-bond donors (Lipinski definition) is 20. The Labute approximate surface area is 748 Å². The quantitative estimate of drug-likeness (QED) is 0.0307. The van der Waals surface area contributed by atoms with Gasteiger partial charge in [-0.3, -0.25) is 33.6 Å². The van der Waals surface area contributed by atoms with Crippen LogP contribution < -0.4 is 66.2 Å². The predicted molar refractivity (Wildman–Crippen MR) is 449 cm³/mol. The highest BCUT2D eigenvalue weighted by molar-refractivity contribution is 6.32. The fourth-order valence-electron chi connectivity index (χ4n) is 15.7. The number of carbonyl (C=O) groups excluding carboxylic acids is 9. The lowest BCUT2D eigenvalue weighted by atomic mass is 9.89. The predicted octanol–water partition coefficient (Wildman–Crippen LogP) is 4.96. The number of benzene rings is 8. The van der Waals surface area contributed by atoms with Crippen LogP contribution in [0.3, 0.4) is 0 Å². The van der Waals surface area contributed by atoms with Crippen LogP contribution in [0.25, 0.3) is 11.1 Å². The smallest absolute Gasteiger partial charge is 0.408 e. The largest absolute Gasteiger partial charge is 0.508 e. The van der Waals surface area contributed by atoms with E-state index in [2.05, 4.69) is 56.4 Å². The van der Waals surface area contributed by atoms with Crippen LogP contribution in [-0.2, 0) is 70.3 Å². The summed E-state index contributed by atoms with van der Waals surface area (Å²) in [6, 6.07) is 11.3. The van der Waals surface area contributed by atoms with Crippen molar-refractivity contribution in [3.8, 4) is 86.4 Å². The van der Waals surface area contributed by atoms with Gasteiger partial charge in [0, 0.05) is 41.7 Å². The Morgan fingerprint density at radius 2 is 1.15 bits per heavy atom. The van der Waals surface area contributed by atoms with Crippen LogP contribution in [0.4, 0.5) is 4.79 Å². The number of amides is 8. The van der Waals surface area contributed by atoms with Crippen LogP contribution in [0.15, 0.2) is 146 Å². The number of hydrogen-bond acceptors (Lipinski definition) is 31. The van der Waals surface area contributed by atoms with Gasteiger partial charge >= 0.3 is 12.1 Å². The van der Waals surface area contributed by atoms with Gasteiger partial charge in [-0.25, -0.2) is 9.59 Å². The van der Waals surface area contributed by atoms with Crippen LogP contribution in [-0.4, -0.2) is 201 Å². The fraction of sp³-hybridized carbons (Fsp3) is 0.348. The molecule has 17 bridgehead atoms. The first-order valence-corrected chi connectivity index (χ1v) is 41.8. The van der Waals surface area contributed by atoms with Gasteiger partial charge in [0.15, 0.2) is 29.0 Å². The minimum Gasteiger partial charge on any atom is -0.508 e. The SMILES string of the molecule is CC(C)CCCCCCC(=O)N[C@H]1[C@H](Oc2c3cc4cc2Oc2ccc(cc2Cl)[C@@H](O)[C@@H]2NC(=O)[C@H](NC(=O)[C@@H]4NC(=O)[C@H]4NC(=O)[C@@H](Cc5ccc(c(Cl)c5)O3)NC(=O)[C@@H](NC(=O)OCc3ccccc3)c3ccc(O)c(c3)Oc3cc(O)cc4c3)c3ccc(O)c(c3)-c3c(O[C@H]4O[C@H](CO)[C@@H](O)[C@H](O)[C@@H]4O)cc(O)cc3[C@@H](C(=O)OC#N)NC2=O)O[C@H](CO)[C@@H](O)[C@@H]1O. The van der Waals surface area contributed by atoms with Crippen LogP contribution in [0.5, 0.6) is 69.0 Å². The number of unbranched alkanes of at least 4 members (excludes halogenated alkanes) is 3. The topological polar surface area (TPSA) is 599 Å². The number of esters is 1. The average Bonchev–Trinajstić information content (AvgIpc) is 0.762. The number of carbonyl (C=O) groups is 9. The molecule has 8 aromatic carbocycles. The molecule has 8 heterocycles. The number of ether oxygens (including phenoxy) is 9. The summed E-state index contributed by atoms with van der Waals surface area (Å²) < 4.78 is 54.9. The summed E-state index contributed by atoms with van der Waals surface area (Å²) in [4.78, 5) is 139. The van der Waals surface area contributed by atoms with Gasteiger partial charge in [-0.15, -0.1) is 5.26 Å². The van der Waals surface area contributed by atoms with Crippen LogP contribution in [0.2, 0.25) is 10.0 Å². The molecule has 2 fully saturated rings. The Bertz CT molecular complexity index is 5710. The third-order valence-corrected chi connectivity index (χ3v) is 23.0. The molecule has 18 atom stereocenters. The number of halogens is 2. The molecule has 20 N–H and O–H groups in total. The number of nitrogens with zero attached hydrogens (tertiary/aromatic N) is 1. The van der Waals surface area contributed by atoms with E-state index in [0.29, 0.717) is 24.3 Å². The van der Waals surface area contributed by atoms with Gasteiger partial charge in [0.2, 0.25) is 59.7 Å². The van der Waals surface area contributed by atoms with Gasteiger partial charge in [-0.2, -0.15) is 0 Å². The van der Waals surface area contributed by atoms with E-state index < -0.39 is 284 Å². The summed E-state index contributed by atoms with van der Waals surface area (Å²) in [6.07, 6.45) is -17.3. The molecule has 2 saturated heterocycles. The molecule has 0 unspecified atom stereocenters. The number of fused-ring (bicyclic) bond motifs is 14. The molecule has 0 radical (unpaired) electrons. The second-order valence-electron chi connectivity index (χ2n) is 32.0. The summed E-state index contributed by atoms with van der Waals surface area (Å²) in [7, 11) is 0. The number of aromatic hydroxyl groups is 4. The van der Waals surface area contributed by atoms with E-state index in [1.54, 1.807) is 30.3 Å². The zero-order valence-corrected chi connectivity index (χ0v) is 70.3. The van der Waals surface area contributed by atoms with Crippen LogP contribution in [0.1, 0.15) is 133 Å². The minimum atomic E-state index is -2.48. The molecule has 41 heteroatoms. The van der Waals surface area contributed by atoms with Crippen molar-refractivity contribution in [1.29, 1.82) is 5.26 Å². The zero-order valence-electron chi connectivity index (χ0n) is 68.8. The van der Waals surface area contributed by atoms with Crippen molar-refractivity contribution in [3.05, 3.63) is 200 Å². The summed E-state index contributed by atoms with van der Waals surface area (Å²) in [5.41, 5.74) is -3.10. The van der Waals surface area contributed by atoms with Crippen molar-refractivity contribution in [3.63, 3.8) is 0 Å². The Morgan fingerprint density at radius 3 is 1.82 bits per heavy atom. The number of aliphatic hydroxyl groups is 8. The summed E-state index contributed by atoms with van der Waals surface area (Å²) >= 11 is 14.5. The molecule has 684 valence electrons. The number of nitriles is 1. The van der Waals surface area contributed by atoms with E-state index >= 15 is 28.8 Å². The fourth-order valence-corrected chi connectivity index (χ4v) is 16.2. The second-order valence-corrected chi connectivity index (χ2v) is 32.8. The van der Waals surface area contributed by atoms with Crippen molar-refractivity contribution in [2.45, 2.75) is 175 Å². The lowest BCUT2D eigenvalue weighted by Gasteiger charge is -2.42. The molecular weight excluding hydrogens is 1750 g/mol. The van der Waals surface area contributed by atoms with E-state index in [4.69, 9.17) is 65.8 Å². The standard InChI is InChI=1S/C89H89Cl2N9O30/c1-38(2)10-6-3-4-9-13-64(107)94-72-76(111)74(109)62(34-101)128-87(72)130-79-60-29-45-30-61(79)126-57-21-17-43(27-52(57)91)73(108)71-85(119)98-70(86(120)123-37-92)50-32-47(104)33-59(127-88-78(113)77(112)75(110)63(35-102)129-88)65(50)49-26-41(15-18-54(49)105)66(82(116)99-71)96-84(118)69(45)97-83(117)68-44-24-46(103)31-48(25-44)124-58-28-42(16-19-55(58)106)67(100-89(121)122-36-39-11-7-5-8-12-39)81(115)93-53(80(114)95-68)23-40-14-20-56(125-60)51(90)22-40/h5,7-8,11-12,14-22,24-33,38,53,62-63,66-78,87-88,101-106,108-113H,3-4,6,9-10,13,23,34-36H2,1-2H3,(H,93,115)(H,94,107)(H,95,114)(H,96,118)(H,97,117)(H,98,119)(H,99,116)(H,100,121)/t53-,62-,63-,66-,67+,68+,69-,70+,71+,72-,73-,74-,75-,76-,77+,78+,87+,88+/m1/s1. The highest BCUT2D eigenvalue weighted by Gasteiger charge is 2.50. The number of aliphatic hydroxyl groups excluding tert-OH is 8. The summed E-state index contributed by atoms with van der Waals surface area (Å²) in [5.74, 6) is -17.6. The first-order valence-electron chi connectivity index (χ1n) is 41.0. The second kappa shape index (κ2) is 40.1. The van der Waals surface area contributed by atoms with Crippen molar-refractivity contribution in [2.75, 3.05) is 13.2 Å². The van der Waals surface area contributed by atoms with Gasteiger partial charge in [0.1, 0.15) is 138 Å². The lowest BCUT2D eigenvalue weighted by molar-refractivity contribution is -0.277. The molecule has 16 rings (SSSR count). The number of nitrogens with one attached hydrogen (secondary N) is 8. The number of rotatable bonds is 18. The van der Waals surface area contributed by atoms with E-state index in [1.807, 2.05) is 0 Å². The number of alkyl carbamates (subject to hydrolysis) is 1. The molecule has 8 aliphatic heterocycles. The average molecular weight is 1840 g/mol. The third kappa shape index (κ3) is 20.7. The van der Waals surface area contributed by atoms with E-state index in [0.717, 1.165) is 110 Å². The maximum Gasteiger partial charge on any atom is 0.408 e. The van der Waals surface area contributed by atoms with E-state index in [9.17, 15) is 80.9 Å². The molecule has 0 aromatic heterocycles. The van der Waals surface area contributed by atoms with Crippen molar-refractivity contribution >= 4 is 76.6 Å². The Balaban J connectivity index is 0.986. The Morgan fingerprint density at radius 1 is 0.538 bits per heavy atom. The maximum atomic E-state index is 16.8. The Kier molecular flexibility index (Phi) is 28.7. The molecular formula is C89H89Cl2N9O30. The number of phenolic OH excluding ortho intramolecular Hbond substituents is 4. The Hall–Kier alpha value is -13.3. The van der Waals surface area contributed by atoms with Gasteiger partial charge in [0.05, 0.1) is 23.3 Å². The minimum absolute atomic E-state index is 0.0864. The first-order chi connectivity index (χ1) is 62.2. The molecule has 0 spiro atoms. The van der Waals surface area contributed by atoms with E-state index in [1.165, 1.54) is 30.5 Å². The highest BCUT2D eigenvalue weighted by atomic mass is 35.5. The molecule has 39 nitrogen and oxygen atoms in total. The molecule has 8 aromatic rings. The normalized spacial score (nSPS) is 25.4. The third-order valence-electron chi connectivity index (χ3n) is 22.4. The van der Waals surface area contributed by atoms with Gasteiger partial charge in [-0.1, -0.05) is 117 Å². The molecule has 0 aliphatic carbocycles. The first kappa shape index (κ1) is 92.8. The summed E-state index contributed by atoms with van der Waals surface area (Å²) in [6.45, 7) is 1.85. The van der Waals surface area contributed by atoms with Gasteiger partial charge < -0.3 is 146 Å². The van der Waals surface area contributed by atoms with E-state index in [-0.39, 0.29) is 40.5 Å². The lowest BCUT2D eigenvalue weighted by Crippen LogP contribution is -2.65. The monoisotopic (exact) mass is 1830 g/mol. The zero-order chi connectivity index (χ0) is 92.8.